The third kappa shape index (κ3) is 3.84. The average Bonchev–Trinajstić information content (AvgIpc) is 2.82. The van der Waals surface area contributed by atoms with Crippen LogP contribution in [0.4, 0.5) is 0 Å². The first-order valence-electron chi connectivity index (χ1n) is 7.38. The zero-order valence-electron chi connectivity index (χ0n) is 12.0. The molecule has 0 aromatic carbocycles. The summed E-state index contributed by atoms with van der Waals surface area (Å²) < 4.78 is 2.01. The first-order valence-corrected chi connectivity index (χ1v) is 7.38. The Morgan fingerprint density at radius 2 is 2.17 bits per heavy atom. The van der Waals surface area contributed by atoms with Crippen LogP contribution in [0.25, 0.3) is 0 Å². The van der Waals surface area contributed by atoms with Gasteiger partial charge in [-0.25, -0.2) is 0 Å². The second-order valence-corrected chi connectivity index (χ2v) is 6.16. The first-order chi connectivity index (χ1) is 8.65. The second kappa shape index (κ2) is 6.37. The molecule has 1 aromatic rings. The Morgan fingerprint density at radius 3 is 2.83 bits per heavy atom. The van der Waals surface area contributed by atoms with Crippen LogP contribution in [0.5, 0.6) is 0 Å². The lowest BCUT2D eigenvalue weighted by atomic mass is 9.79. The standard InChI is InChI=1S/C15H27N3/c1-12(2)14-6-4-7-15(10-14)17-13(3)11-18-9-5-8-16-18/h5,8-9,12-15,17H,4,6-7,10-11H2,1-3H3. The molecule has 2 rings (SSSR count). The molecule has 0 bridgehead atoms. The van der Waals surface area contributed by atoms with Crippen molar-refractivity contribution in [3.8, 4) is 0 Å². The molecule has 1 saturated carbocycles. The summed E-state index contributed by atoms with van der Waals surface area (Å²) in [6, 6.07) is 3.19. The second-order valence-electron chi connectivity index (χ2n) is 6.16. The largest absolute Gasteiger partial charge is 0.310 e. The number of nitrogens with one attached hydrogen (secondary N) is 1. The van der Waals surface area contributed by atoms with Crippen molar-refractivity contribution in [2.45, 2.75) is 65.1 Å². The van der Waals surface area contributed by atoms with Crippen molar-refractivity contribution in [1.82, 2.24) is 15.1 Å². The predicted octanol–water partition coefficient (Wildman–Crippen LogP) is 3.08. The van der Waals surface area contributed by atoms with Crippen LogP contribution in [-0.2, 0) is 6.54 Å². The molecule has 1 fully saturated rings. The van der Waals surface area contributed by atoms with Gasteiger partial charge in [0, 0.05) is 24.5 Å². The Morgan fingerprint density at radius 1 is 1.33 bits per heavy atom. The van der Waals surface area contributed by atoms with E-state index in [0.29, 0.717) is 12.1 Å². The van der Waals surface area contributed by atoms with Crippen LogP contribution >= 0.6 is 0 Å². The van der Waals surface area contributed by atoms with Gasteiger partial charge >= 0.3 is 0 Å². The topological polar surface area (TPSA) is 29.9 Å². The van der Waals surface area contributed by atoms with Gasteiger partial charge in [0.15, 0.2) is 0 Å². The van der Waals surface area contributed by atoms with Gasteiger partial charge in [-0.15, -0.1) is 0 Å². The van der Waals surface area contributed by atoms with Crippen molar-refractivity contribution in [2.75, 3.05) is 0 Å². The van der Waals surface area contributed by atoms with Crippen molar-refractivity contribution in [2.24, 2.45) is 11.8 Å². The highest BCUT2D eigenvalue weighted by atomic mass is 15.3. The number of hydrogen-bond acceptors (Lipinski definition) is 2. The van der Waals surface area contributed by atoms with Crippen LogP contribution in [0.15, 0.2) is 18.5 Å². The lowest BCUT2D eigenvalue weighted by Gasteiger charge is -2.33. The summed E-state index contributed by atoms with van der Waals surface area (Å²) in [5, 5.41) is 8.05. The molecule has 0 amide bonds. The summed E-state index contributed by atoms with van der Waals surface area (Å²) in [6.45, 7) is 7.96. The molecule has 3 heteroatoms. The van der Waals surface area contributed by atoms with Crippen LogP contribution in [0.3, 0.4) is 0 Å². The van der Waals surface area contributed by atoms with Gasteiger partial charge in [-0.2, -0.15) is 5.10 Å². The maximum absolute atomic E-state index is 4.27. The molecule has 0 aliphatic heterocycles. The minimum absolute atomic E-state index is 0.501. The van der Waals surface area contributed by atoms with Crippen LogP contribution in [0.2, 0.25) is 0 Å². The number of hydrogen-bond donors (Lipinski definition) is 1. The van der Waals surface area contributed by atoms with Gasteiger partial charge < -0.3 is 5.32 Å². The summed E-state index contributed by atoms with van der Waals surface area (Å²) in [5.74, 6) is 1.74. The van der Waals surface area contributed by atoms with E-state index in [0.717, 1.165) is 18.4 Å². The monoisotopic (exact) mass is 249 g/mol. The lowest BCUT2D eigenvalue weighted by Crippen LogP contribution is -2.42. The smallest absolute Gasteiger partial charge is 0.0560 e. The minimum Gasteiger partial charge on any atom is -0.310 e. The van der Waals surface area contributed by atoms with Crippen LogP contribution in [-0.4, -0.2) is 21.9 Å². The van der Waals surface area contributed by atoms with Gasteiger partial charge in [-0.1, -0.05) is 26.7 Å². The molecule has 0 radical (unpaired) electrons. The van der Waals surface area contributed by atoms with E-state index >= 15 is 0 Å². The van der Waals surface area contributed by atoms with Crippen LogP contribution in [0, 0.1) is 11.8 Å². The molecule has 3 atom stereocenters. The molecule has 1 aliphatic rings. The van der Waals surface area contributed by atoms with Crippen LogP contribution in [0.1, 0.15) is 46.5 Å². The fraction of sp³-hybridized carbons (Fsp3) is 0.800. The highest BCUT2D eigenvalue weighted by molar-refractivity contribution is 4.83. The van der Waals surface area contributed by atoms with Gasteiger partial charge in [0.2, 0.25) is 0 Å². The summed E-state index contributed by atoms with van der Waals surface area (Å²) in [4.78, 5) is 0. The molecule has 1 heterocycles. The van der Waals surface area contributed by atoms with E-state index in [9.17, 15) is 0 Å². The maximum atomic E-state index is 4.27. The highest BCUT2D eigenvalue weighted by Gasteiger charge is 2.24. The summed E-state index contributed by atoms with van der Waals surface area (Å²) in [5.41, 5.74) is 0. The maximum Gasteiger partial charge on any atom is 0.0560 e. The Hall–Kier alpha value is -0.830. The normalized spacial score (nSPS) is 26.4. The Balaban J connectivity index is 1.78. The van der Waals surface area contributed by atoms with E-state index in [1.807, 2.05) is 23.1 Å². The van der Waals surface area contributed by atoms with Crippen molar-refractivity contribution in [3.05, 3.63) is 18.5 Å². The molecule has 3 nitrogen and oxygen atoms in total. The minimum atomic E-state index is 0.501. The van der Waals surface area contributed by atoms with E-state index in [4.69, 9.17) is 0 Å². The van der Waals surface area contributed by atoms with Gasteiger partial charge in [0.1, 0.15) is 0 Å². The SMILES string of the molecule is CC(Cn1cccn1)NC1CCCC(C(C)C)C1. The fourth-order valence-corrected chi connectivity index (χ4v) is 3.13. The molecule has 102 valence electrons. The molecule has 1 N–H and O–H groups in total. The van der Waals surface area contributed by atoms with E-state index in [-0.39, 0.29) is 0 Å². The molecule has 0 spiro atoms. The van der Waals surface area contributed by atoms with Gasteiger partial charge in [0.05, 0.1) is 6.54 Å². The number of rotatable bonds is 5. The van der Waals surface area contributed by atoms with Crippen molar-refractivity contribution < 1.29 is 0 Å². The number of nitrogens with zero attached hydrogens (tertiary/aromatic N) is 2. The Labute approximate surface area is 111 Å². The molecule has 3 unspecified atom stereocenters. The van der Waals surface area contributed by atoms with Crippen molar-refractivity contribution in [3.63, 3.8) is 0 Å². The zero-order chi connectivity index (χ0) is 13.0. The molecule has 0 saturated heterocycles. The van der Waals surface area contributed by atoms with E-state index in [1.165, 1.54) is 25.7 Å². The number of aromatic nitrogens is 2. The molecule has 18 heavy (non-hydrogen) atoms. The van der Waals surface area contributed by atoms with E-state index in [2.05, 4.69) is 31.2 Å². The van der Waals surface area contributed by atoms with E-state index in [1.54, 1.807) is 0 Å². The van der Waals surface area contributed by atoms with Gasteiger partial charge in [-0.05, 0) is 37.7 Å². The Bertz CT molecular complexity index is 332. The average molecular weight is 249 g/mol. The Kier molecular flexibility index (Phi) is 4.81. The lowest BCUT2D eigenvalue weighted by molar-refractivity contribution is 0.218. The van der Waals surface area contributed by atoms with Crippen molar-refractivity contribution >= 4 is 0 Å². The van der Waals surface area contributed by atoms with Gasteiger partial charge in [0.25, 0.3) is 0 Å². The van der Waals surface area contributed by atoms with Crippen molar-refractivity contribution in [1.29, 1.82) is 0 Å². The summed E-state index contributed by atoms with van der Waals surface area (Å²) >= 11 is 0. The molecule has 1 aromatic heterocycles. The summed E-state index contributed by atoms with van der Waals surface area (Å²) in [6.07, 6.45) is 9.38. The highest BCUT2D eigenvalue weighted by Crippen LogP contribution is 2.30. The fourth-order valence-electron chi connectivity index (χ4n) is 3.13. The third-order valence-electron chi connectivity index (χ3n) is 4.20. The molecular weight excluding hydrogens is 222 g/mol. The zero-order valence-corrected chi connectivity index (χ0v) is 12.0. The van der Waals surface area contributed by atoms with Gasteiger partial charge in [-0.3, -0.25) is 4.68 Å². The van der Waals surface area contributed by atoms with E-state index < -0.39 is 0 Å². The molecule has 1 aliphatic carbocycles. The summed E-state index contributed by atoms with van der Waals surface area (Å²) in [7, 11) is 0. The van der Waals surface area contributed by atoms with Crippen LogP contribution < -0.4 is 5.32 Å². The first kappa shape index (κ1) is 13.6. The predicted molar refractivity (Wildman–Crippen MR) is 75.4 cm³/mol. The molecular formula is C15H27N3. The third-order valence-corrected chi connectivity index (χ3v) is 4.20. The quantitative estimate of drug-likeness (QED) is 0.869.